The lowest BCUT2D eigenvalue weighted by molar-refractivity contribution is 0.445. The van der Waals surface area contributed by atoms with Crippen LogP contribution in [0.4, 0.5) is 0 Å². The van der Waals surface area contributed by atoms with E-state index in [1.165, 1.54) is 16.7 Å². The highest BCUT2D eigenvalue weighted by atomic mass is 16.3. The van der Waals surface area contributed by atoms with E-state index < -0.39 is 0 Å². The zero-order chi connectivity index (χ0) is 13.3. The molecule has 0 aliphatic carbocycles. The van der Waals surface area contributed by atoms with Gasteiger partial charge in [0.2, 0.25) is 5.88 Å². The molecule has 96 valence electrons. The summed E-state index contributed by atoms with van der Waals surface area (Å²) in [4.78, 5) is 7.39. The molecule has 2 rings (SSSR count). The summed E-state index contributed by atoms with van der Waals surface area (Å²) in [5.74, 6) is 1.20. The van der Waals surface area contributed by atoms with E-state index in [4.69, 9.17) is 0 Å². The van der Waals surface area contributed by atoms with Gasteiger partial charge in [0.05, 0.1) is 5.69 Å². The number of rotatable bonds is 3. The number of benzene rings is 1. The number of H-pyrrole nitrogens is 1. The fourth-order valence-corrected chi connectivity index (χ4v) is 2.28. The average Bonchev–Trinajstić information content (AvgIpc) is 2.57. The average molecular weight is 244 g/mol. The van der Waals surface area contributed by atoms with Crippen LogP contribution >= 0.6 is 0 Å². The third kappa shape index (κ3) is 2.73. The molecule has 2 aromatic rings. The van der Waals surface area contributed by atoms with Crippen LogP contribution in [0.5, 0.6) is 5.88 Å². The van der Waals surface area contributed by atoms with E-state index in [2.05, 4.69) is 42.0 Å². The number of nitrogens with one attached hydrogen (secondary N) is 1. The summed E-state index contributed by atoms with van der Waals surface area (Å²) in [5.41, 5.74) is 4.54. The number of hydrogen-bond donors (Lipinski definition) is 2. The summed E-state index contributed by atoms with van der Waals surface area (Å²) in [6, 6.07) is 6.46. The highest BCUT2D eigenvalue weighted by Crippen LogP contribution is 2.23. The molecule has 0 saturated heterocycles. The van der Waals surface area contributed by atoms with Crippen molar-refractivity contribution in [3.05, 3.63) is 46.4 Å². The van der Waals surface area contributed by atoms with Crippen LogP contribution in [-0.4, -0.2) is 15.1 Å². The van der Waals surface area contributed by atoms with Crippen molar-refractivity contribution in [2.75, 3.05) is 0 Å². The number of hydrogen-bond acceptors (Lipinski definition) is 2. The molecule has 0 aliphatic rings. The normalized spacial score (nSPS) is 11.2. The Bertz CT molecular complexity index is 535. The van der Waals surface area contributed by atoms with E-state index in [-0.39, 0.29) is 11.8 Å². The molecular weight excluding hydrogens is 224 g/mol. The maximum absolute atomic E-state index is 9.75. The summed E-state index contributed by atoms with van der Waals surface area (Å²) in [6.45, 7) is 8.26. The van der Waals surface area contributed by atoms with Crippen molar-refractivity contribution in [3.63, 3.8) is 0 Å². The SMILES string of the molecule is Cc1cc(C)cc(Cc2nc(O)c(C(C)C)[nH]2)c1. The zero-order valence-electron chi connectivity index (χ0n) is 11.4. The van der Waals surface area contributed by atoms with Gasteiger partial charge in [0, 0.05) is 6.42 Å². The lowest BCUT2D eigenvalue weighted by Gasteiger charge is -2.03. The summed E-state index contributed by atoms with van der Waals surface area (Å²) in [6.07, 6.45) is 0.725. The van der Waals surface area contributed by atoms with E-state index in [0.29, 0.717) is 0 Å². The summed E-state index contributed by atoms with van der Waals surface area (Å²) < 4.78 is 0. The van der Waals surface area contributed by atoms with Crippen molar-refractivity contribution in [1.82, 2.24) is 9.97 Å². The minimum absolute atomic E-state index is 0.129. The minimum Gasteiger partial charge on any atom is -0.492 e. The Morgan fingerprint density at radius 1 is 1.17 bits per heavy atom. The van der Waals surface area contributed by atoms with Crippen LogP contribution in [0.25, 0.3) is 0 Å². The van der Waals surface area contributed by atoms with E-state index >= 15 is 0 Å². The monoisotopic (exact) mass is 244 g/mol. The van der Waals surface area contributed by atoms with Gasteiger partial charge in [0.1, 0.15) is 5.82 Å². The van der Waals surface area contributed by atoms with E-state index in [1.807, 2.05) is 13.8 Å². The number of aromatic amines is 1. The van der Waals surface area contributed by atoms with Crippen LogP contribution in [-0.2, 0) is 6.42 Å². The van der Waals surface area contributed by atoms with Crippen LogP contribution in [0, 0.1) is 13.8 Å². The van der Waals surface area contributed by atoms with Crippen molar-refractivity contribution in [3.8, 4) is 5.88 Å². The first-order valence-electron chi connectivity index (χ1n) is 6.30. The molecule has 0 fully saturated rings. The summed E-state index contributed by atoms with van der Waals surface area (Å²) in [7, 11) is 0. The van der Waals surface area contributed by atoms with Crippen LogP contribution in [0.1, 0.15) is 48.0 Å². The van der Waals surface area contributed by atoms with Gasteiger partial charge in [-0.25, -0.2) is 0 Å². The minimum atomic E-state index is 0.129. The van der Waals surface area contributed by atoms with Gasteiger partial charge >= 0.3 is 0 Å². The van der Waals surface area contributed by atoms with Crippen molar-refractivity contribution >= 4 is 0 Å². The predicted molar refractivity (Wildman–Crippen MR) is 73.1 cm³/mol. The van der Waals surface area contributed by atoms with Gasteiger partial charge in [-0.2, -0.15) is 4.98 Å². The van der Waals surface area contributed by atoms with Gasteiger partial charge in [0.15, 0.2) is 0 Å². The lowest BCUT2D eigenvalue weighted by atomic mass is 10.0. The van der Waals surface area contributed by atoms with Gasteiger partial charge in [-0.3, -0.25) is 0 Å². The maximum Gasteiger partial charge on any atom is 0.232 e. The van der Waals surface area contributed by atoms with Gasteiger partial charge < -0.3 is 10.1 Å². The fourth-order valence-electron chi connectivity index (χ4n) is 2.28. The second-order valence-electron chi connectivity index (χ2n) is 5.25. The fraction of sp³-hybridized carbons (Fsp3) is 0.400. The molecule has 0 aliphatic heterocycles. The quantitative estimate of drug-likeness (QED) is 0.868. The largest absolute Gasteiger partial charge is 0.492 e. The molecule has 0 saturated carbocycles. The van der Waals surface area contributed by atoms with E-state index in [9.17, 15) is 5.11 Å². The number of aromatic hydroxyl groups is 1. The summed E-state index contributed by atoms with van der Waals surface area (Å²) >= 11 is 0. The summed E-state index contributed by atoms with van der Waals surface area (Å²) in [5, 5.41) is 9.75. The predicted octanol–water partition coefficient (Wildman–Crippen LogP) is 3.45. The molecule has 1 aromatic heterocycles. The van der Waals surface area contributed by atoms with Crippen LogP contribution in [0.15, 0.2) is 18.2 Å². The molecular formula is C15H20N2O. The topological polar surface area (TPSA) is 48.9 Å². The third-order valence-corrected chi connectivity index (χ3v) is 2.99. The lowest BCUT2D eigenvalue weighted by Crippen LogP contribution is -1.94. The smallest absolute Gasteiger partial charge is 0.232 e. The molecule has 0 unspecified atom stereocenters. The first-order chi connectivity index (χ1) is 8.45. The molecule has 18 heavy (non-hydrogen) atoms. The molecule has 2 N–H and O–H groups in total. The van der Waals surface area contributed by atoms with Crippen molar-refractivity contribution in [1.29, 1.82) is 0 Å². The number of nitrogens with zero attached hydrogens (tertiary/aromatic N) is 1. The Balaban J connectivity index is 2.26. The second-order valence-corrected chi connectivity index (χ2v) is 5.25. The Morgan fingerprint density at radius 2 is 1.78 bits per heavy atom. The van der Waals surface area contributed by atoms with Gasteiger partial charge in [-0.15, -0.1) is 0 Å². The molecule has 1 heterocycles. The van der Waals surface area contributed by atoms with Crippen molar-refractivity contribution < 1.29 is 5.11 Å². The number of imidazole rings is 1. The molecule has 0 atom stereocenters. The van der Waals surface area contributed by atoms with Crippen LogP contribution < -0.4 is 0 Å². The molecule has 3 nitrogen and oxygen atoms in total. The molecule has 0 radical (unpaired) electrons. The first-order valence-corrected chi connectivity index (χ1v) is 6.30. The van der Waals surface area contributed by atoms with Crippen molar-refractivity contribution in [2.45, 2.75) is 40.0 Å². The molecule has 1 aromatic carbocycles. The van der Waals surface area contributed by atoms with Crippen LogP contribution in [0.2, 0.25) is 0 Å². The van der Waals surface area contributed by atoms with Gasteiger partial charge in [0.25, 0.3) is 0 Å². The highest BCUT2D eigenvalue weighted by molar-refractivity contribution is 5.32. The second kappa shape index (κ2) is 4.84. The standard InChI is InChI=1S/C15H20N2O/c1-9(2)14-15(18)17-13(16-14)8-12-6-10(3)5-11(4)7-12/h5-7,9,18H,8H2,1-4H3,(H,16,17). The van der Waals surface area contributed by atoms with Crippen molar-refractivity contribution in [2.24, 2.45) is 0 Å². The first kappa shape index (κ1) is 12.7. The Kier molecular flexibility index (Phi) is 3.41. The zero-order valence-corrected chi connectivity index (χ0v) is 11.4. The van der Waals surface area contributed by atoms with E-state index in [0.717, 1.165) is 17.9 Å². The maximum atomic E-state index is 9.75. The Hall–Kier alpha value is -1.77. The number of aryl methyl sites for hydroxylation is 2. The van der Waals surface area contributed by atoms with Gasteiger partial charge in [-0.05, 0) is 25.3 Å². The van der Waals surface area contributed by atoms with Crippen LogP contribution in [0.3, 0.4) is 0 Å². The molecule has 0 spiro atoms. The third-order valence-electron chi connectivity index (χ3n) is 2.99. The molecule has 0 bridgehead atoms. The highest BCUT2D eigenvalue weighted by Gasteiger charge is 2.12. The van der Waals surface area contributed by atoms with Gasteiger partial charge in [-0.1, -0.05) is 43.2 Å². The number of aromatic nitrogens is 2. The molecule has 0 amide bonds. The molecule has 3 heteroatoms. The van der Waals surface area contributed by atoms with E-state index in [1.54, 1.807) is 0 Å². The Morgan fingerprint density at radius 3 is 2.28 bits per heavy atom. The Labute approximate surface area is 108 Å².